The second-order valence-corrected chi connectivity index (χ2v) is 6.12. The van der Waals surface area contributed by atoms with Gasteiger partial charge in [-0.2, -0.15) is 0 Å². The van der Waals surface area contributed by atoms with Gasteiger partial charge in [0.15, 0.2) is 11.5 Å². The number of carbonyl (C=O) groups is 1. The van der Waals surface area contributed by atoms with Gasteiger partial charge in [0.05, 0.1) is 12.1 Å². The minimum atomic E-state index is -0.111. The molecule has 0 spiro atoms. The molecule has 4 nitrogen and oxygen atoms in total. The Morgan fingerprint density at radius 3 is 2.45 bits per heavy atom. The molecule has 0 radical (unpaired) electrons. The Morgan fingerprint density at radius 1 is 1.14 bits per heavy atom. The summed E-state index contributed by atoms with van der Waals surface area (Å²) >= 11 is 9.26. The van der Waals surface area contributed by atoms with Crippen LogP contribution in [0.1, 0.15) is 5.56 Å². The predicted molar refractivity (Wildman–Crippen MR) is 88.9 cm³/mol. The standard InChI is InChI=1S/C16H13BrClNO3/c17-12-8-14-15(22-6-5-21-14)9-13(12)19-16(20)7-10-1-3-11(18)4-2-10/h1-4,8-9H,5-7H2,(H,19,20). The Bertz CT molecular complexity index is 703. The maximum absolute atomic E-state index is 12.2. The van der Waals surface area contributed by atoms with Crippen LogP contribution in [0, 0.1) is 0 Å². The molecule has 114 valence electrons. The molecule has 1 heterocycles. The lowest BCUT2D eigenvalue weighted by Crippen LogP contribution is -2.17. The summed E-state index contributed by atoms with van der Waals surface area (Å²) in [4.78, 5) is 12.2. The van der Waals surface area contributed by atoms with E-state index in [1.807, 2.05) is 12.1 Å². The van der Waals surface area contributed by atoms with Gasteiger partial charge < -0.3 is 14.8 Å². The Labute approximate surface area is 141 Å². The number of rotatable bonds is 3. The number of fused-ring (bicyclic) bond motifs is 1. The number of carbonyl (C=O) groups excluding carboxylic acids is 1. The average Bonchev–Trinajstić information content (AvgIpc) is 2.50. The minimum Gasteiger partial charge on any atom is -0.486 e. The quantitative estimate of drug-likeness (QED) is 0.871. The lowest BCUT2D eigenvalue weighted by molar-refractivity contribution is -0.115. The maximum atomic E-state index is 12.2. The number of nitrogens with one attached hydrogen (secondary N) is 1. The smallest absolute Gasteiger partial charge is 0.228 e. The van der Waals surface area contributed by atoms with Crippen LogP contribution in [-0.4, -0.2) is 19.1 Å². The van der Waals surface area contributed by atoms with Crippen molar-refractivity contribution in [3.05, 3.63) is 51.5 Å². The number of hydrogen-bond acceptors (Lipinski definition) is 3. The monoisotopic (exact) mass is 381 g/mol. The molecule has 2 aromatic carbocycles. The molecule has 0 unspecified atom stereocenters. The zero-order valence-electron chi connectivity index (χ0n) is 11.6. The molecule has 1 aliphatic rings. The van der Waals surface area contributed by atoms with Gasteiger partial charge in [0, 0.05) is 21.6 Å². The van der Waals surface area contributed by atoms with Gasteiger partial charge in [-0.15, -0.1) is 0 Å². The van der Waals surface area contributed by atoms with Crippen LogP contribution in [0.5, 0.6) is 11.5 Å². The second kappa shape index (κ2) is 6.58. The molecule has 0 fully saturated rings. The predicted octanol–water partition coefficient (Wildman–Crippen LogP) is 4.05. The first kappa shape index (κ1) is 15.2. The highest BCUT2D eigenvalue weighted by molar-refractivity contribution is 9.10. The van der Waals surface area contributed by atoms with Crippen LogP contribution < -0.4 is 14.8 Å². The zero-order valence-corrected chi connectivity index (χ0v) is 13.9. The van der Waals surface area contributed by atoms with Gasteiger partial charge in [-0.3, -0.25) is 4.79 Å². The van der Waals surface area contributed by atoms with Crippen molar-refractivity contribution in [1.29, 1.82) is 0 Å². The topological polar surface area (TPSA) is 47.6 Å². The molecule has 1 amide bonds. The fraction of sp³-hybridized carbons (Fsp3) is 0.188. The van der Waals surface area contributed by atoms with E-state index in [-0.39, 0.29) is 12.3 Å². The van der Waals surface area contributed by atoms with Crippen LogP contribution in [0.2, 0.25) is 5.02 Å². The second-order valence-electron chi connectivity index (χ2n) is 4.83. The van der Waals surface area contributed by atoms with E-state index < -0.39 is 0 Å². The van der Waals surface area contributed by atoms with Gasteiger partial charge in [-0.1, -0.05) is 23.7 Å². The minimum absolute atomic E-state index is 0.111. The molecule has 1 aliphatic heterocycles. The van der Waals surface area contributed by atoms with Gasteiger partial charge >= 0.3 is 0 Å². The van der Waals surface area contributed by atoms with Gasteiger partial charge in [-0.05, 0) is 33.6 Å². The van der Waals surface area contributed by atoms with Crippen molar-refractivity contribution in [3.63, 3.8) is 0 Å². The van der Waals surface area contributed by atoms with Crippen molar-refractivity contribution in [2.24, 2.45) is 0 Å². The van der Waals surface area contributed by atoms with Crippen molar-refractivity contribution < 1.29 is 14.3 Å². The first-order valence-corrected chi connectivity index (χ1v) is 7.92. The van der Waals surface area contributed by atoms with E-state index in [1.165, 1.54) is 0 Å². The lowest BCUT2D eigenvalue weighted by Gasteiger charge is -2.20. The molecule has 0 aliphatic carbocycles. The fourth-order valence-electron chi connectivity index (χ4n) is 2.14. The highest BCUT2D eigenvalue weighted by atomic mass is 79.9. The summed E-state index contributed by atoms with van der Waals surface area (Å²) in [5.74, 6) is 1.20. The zero-order chi connectivity index (χ0) is 15.5. The number of hydrogen-bond donors (Lipinski definition) is 1. The molecule has 0 saturated carbocycles. The van der Waals surface area contributed by atoms with Gasteiger partial charge in [0.25, 0.3) is 0 Å². The Balaban J connectivity index is 1.72. The summed E-state index contributed by atoms with van der Waals surface area (Å²) in [6, 6.07) is 10.8. The number of benzene rings is 2. The summed E-state index contributed by atoms with van der Waals surface area (Å²) in [5.41, 5.74) is 1.55. The van der Waals surface area contributed by atoms with E-state index in [0.717, 1.165) is 10.0 Å². The van der Waals surface area contributed by atoms with Crippen molar-refractivity contribution in [3.8, 4) is 11.5 Å². The summed E-state index contributed by atoms with van der Waals surface area (Å²) in [7, 11) is 0. The van der Waals surface area contributed by atoms with Crippen LogP contribution in [0.4, 0.5) is 5.69 Å². The van der Waals surface area contributed by atoms with Crippen LogP contribution in [0.25, 0.3) is 0 Å². The van der Waals surface area contributed by atoms with Crippen molar-refractivity contribution in [2.75, 3.05) is 18.5 Å². The summed E-state index contributed by atoms with van der Waals surface area (Å²) in [6.45, 7) is 1.04. The van der Waals surface area contributed by atoms with Crippen LogP contribution in [-0.2, 0) is 11.2 Å². The molecule has 0 atom stereocenters. The third-order valence-electron chi connectivity index (χ3n) is 3.18. The molecule has 6 heteroatoms. The highest BCUT2D eigenvalue weighted by Crippen LogP contribution is 2.38. The first-order chi connectivity index (χ1) is 10.6. The van der Waals surface area contributed by atoms with E-state index >= 15 is 0 Å². The maximum Gasteiger partial charge on any atom is 0.228 e. The van der Waals surface area contributed by atoms with Crippen molar-refractivity contribution in [2.45, 2.75) is 6.42 Å². The SMILES string of the molecule is O=C(Cc1ccc(Cl)cc1)Nc1cc2c(cc1Br)OCCO2. The van der Waals surface area contributed by atoms with E-state index in [4.69, 9.17) is 21.1 Å². The van der Waals surface area contributed by atoms with Crippen molar-refractivity contribution in [1.82, 2.24) is 0 Å². The van der Waals surface area contributed by atoms with Gasteiger partial charge in [0.1, 0.15) is 13.2 Å². The van der Waals surface area contributed by atoms with E-state index in [0.29, 0.717) is 35.4 Å². The van der Waals surface area contributed by atoms with Crippen LogP contribution >= 0.6 is 27.5 Å². The van der Waals surface area contributed by atoms with E-state index in [1.54, 1.807) is 24.3 Å². The van der Waals surface area contributed by atoms with E-state index in [2.05, 4.69) is 21.2 Å². The van der Waals surface area contributed by atoms with Gasteiger partial charge in [0.2, 0.25) is 5.91 Å². The lowest BCUT2D eigenvalue weighted by atomic mass is 10.1. The number of anilines is 1. The van der Waals surface area contributed by atoms with Crippen LogP contribution in [0.3, 0.4) is 0 Å². The van der Waals surface area contributed by atoms with E-state index in [9.17, 15) is 4.79 Å². The molecule has 1 N–H and O–H groups in total. The molecule has 3 rings (SSSR count). The third kappa shape index (κ3) is 3.54. The van der Waals surface area contributed by atoms with Crippen LogP contribution in [0.15, 0.2) is 40.9 Å². The molecular weight excluding hydrogens is 370 g/mol. The largest absolute Gasteiger partial charge is 0.486 e. The Hall–Kier alpha value is -1.72. The molecule has 0 bridgehead atoms. The fourth-order valence-corrected chi connectivity index (χ4v) is 2.69. The normalized spacial score (nSPS) is 12.8. The number of amides is 1. The van der Waals surface area contributed by atoms with Crippen molar-refractivity contribution >= 4 is 39.1 Å². The molecule has 0 aromatic heterocycles. The summed E-state index contributed by atoms with van der Waals surface area (Å²) in [5, 5.41) is 3.52. The summed E-state index contributed by atoms with van der Waals surface area (Å²) in [6.07, 6.45) is 0.276. The first-order valence-electron chi connectivity index (χ1n) is 6.75. The molecule has 22 heavy (non-hydrogen) atoms. The molecule has 0 saturated heterocycles. The Morgan fingerprint density at radius 2 is 1.77 bits per heavy atom. The highest BCUT2D eigenvalue weighted by Gasteiger charge is 2.16. The van der Waals surface area contributed by atoms with Gasteiger partial charge in [-0.25, -0.2) is 0 Å². The number of halogens is 2. The Kier molecular flexibility index (Phi) is 4.55. The average molecular weight is 383 g/mol. The third-order valence-corrected chi connectivity index (χ3v) is 4.09. The number of ether oxygens (including phenoxy) is 2. The molecule has 2 aromatic rings. The summed E-state index contributed by atoms with van der Waals surface area (Å²) < 4.78 is 11.8. The molecular formula is C16H13BrClNO3.